The first-order valence-corrected chi connectivity index (χ1v) is 11.0. The van der Waals surface area contributed by atoms with Gasteiger partial charge in [-0.25, -0.2) is 4.68 Å². The van der Waals surface area contributed by atoms with Gasteiger partial charge in [-0.3, -0.25) is 4.79 Å². The monoisotopic (exact) mass is 440 g/mol. The maximum absolute atomic E-state index is 12.5. The van der Waals surface area contributed by atoms with Gasteiger partial charge in [0.2, 0.25) is 11.0 Å². The van der Waals surface area contributed by atoms with Crippen molar-refractivity contribution in [3.63, 3.8) is 0 Å². The fraction of sp³-hybridized carbons (Fsp3) is 0.200. The molecule has 0 atom stereocenters. The van der Waals surface area contributed by atoms with Crippen molar-refractivity contribution in [2.75, 3.05) is 16.4 Å². The number of hydrogen-bond donors (Lipinski definition) is 2. The van der Waals surface area contributed by atoms with Gasteiger partial charge in [-0.2, -0.15) is 5.10 Å². The first-order chi connectivity index (χ1) is 14.6. The fourth-order valence-electron chi connectivity index (χ4n) is 2.69. The molecule has 30 heavy (non-hydrogen) atoms. The number of aromatic nitrogens is 4. The van der Waals surface area contributed by atoms with Gasteiger partial charge in [-0.05, 0) is 38.1 Å². The lowest BCUT2D eigenvalue weighted by Crippen LogP contribution is -2.16. The van der Waals surface area contributed by atoms with Crippen molar-refractivity contribution in [2.24, 2.45) is 0 Å². The van der Waals surface area contributed by atoms with Crippen LogP contribution in [0.2, 0.25) is 0 Å². The second kappa shape index (κ2) is 9.14. The number of nitrogens with one attached hydrogen (secondary N) is 2. The van der Waals surface area contributed by atoms with Crippen LogP contribution in [0.4, 0.5) is 10.9 Å². The third kappa shape index (κ3) is 5.08. The van der Waals surface area contributed by atoms with Crippen molar-refractivity contribution < 1.29 is 9.21 Å². The van der Waals surface area contributed by atoms with E-state index in [1.807, 2.05) is 56.3 Å². The molecular formula is C20H20N6O2S2. The number of furan rings is 1. The zero-order valence-electron chi connectivity index (χ0n) is 16.5. The van der Waals surface area contributed by atoms with Crippen LogP contribution < -0.4 is 10.6 Å². The molecule has 1 amide bonds. The summed E-state index contributed by atoms with van der Waals surface area (Å²) >= 11 is 2.74. The predicted molar refractivity (Wildman–Crippen MR) is 118 cm³/mol. The van der Waals surface area contributed by atoms with Crippen LogP contribution in [0.15, 0.2) is 57.5 Å². The van der Waals surface area contributed by atoms with Crippen LogP contribution in [-0.4, -0.2) is 31.6 Å². The molecular weight excluding hydrogens is 420 g/mol. The molecule has 3 heterocycles. The number of anilines is 2. The molecule has 10 heteroatoms. The Bertz CT molecular complexity index is 1120. The Morgan fingerprint density at radius 1 is 1.20 bits per heavy atom. The Balaban J connectivity index is 1.33. The van der Waals surface area contributed by atoms with Gasteiger partial charge < -0.3 is 15.1 Å². The van der Waals surface area contributed by atoms with E-state index in [1.54, 1.807) is 10.9 Å². The van der Waals surface area contributed by atoms with E-state index in [2.05, 4.69) is 25.9 Å². The van der Waals surface area contributed by atoms with Crippen LogP contribution >= 0.6 is 23.1 Å². The number of carbonyl (C=O) groups is 1. The molecule has 0 spiro atoms. The third-order valence-electron chi connectivity index (χ3n) is 4.10. The number of aryl methyl sites for hydroxylation is 2. The molecule has 0 aliphatic carbocycles. The van der Waals surface area contributed by atoms with Gasteiger partial charge in [0.05, 0.1) is 29.9 Å². The number of hydrogen-bond acceptors (Lipinski definition) is 8. The summed E-state index contributed by atoms with van der Waals surface area (Å²) in [6.07, 6.45) is 1.63. The molecule has 0 aliphatic heterocycles. The zero-order chi connectivity index (χ0) is 20.9. The van der Waals surface area contributed by atoms with E-state index in [-0.39, 0.29) is 11.7 Å². The summed E-state index contributed by atoms with van der Waals surface area (Å²) in [7, 11) is 0. The lowest BCUT2D eigenvalue weighted by atomic mass is 10.2. The van der Waals surface area contributed by atoms with E-state index >= 15 is 0 Å². The first-order valence-electron chi connectivity index (χ1n) is 9.23. The van der Waals surface area contributed by atoms with E-state index in [9.17, 15) is 4.79 Å². The summed E-state index contributed by atoms with van der Waals surface area (Å²) in [4.78, 5) is 12.5. The minimum absolute atomic E-state index is 0.131. The van der Waals surface area contributed by atoms with Crippen LogP contribution in [0.3, 0.4) is 0 Å². The van der Waals surface area contributed by atoms with Gasteiger partial charge in [-0.1, -0.05) is 40.8 Å². The predicted octanol–water partition coefficient (Wildman–Crippen LogP) is 4.28. The second-order valence-corrected chi connectivity index (χ2v) is 8.76. The summed E-state index contributed by atoms with van der Waals surface area (Å²) in [5, 5.41) is 19.5. The Hall–Kier alpha value is -3.11. The largest absolute Gasteiger partial charge is 0.467 e. The zero-order valence-corrected chi connectivity index (χ0v) is 18.1. The summed E-state index contributed by atoms with van der Waals surface area (Å²) in [6, 6.07) is 13.6. The lowest BCUT2D eigenvalue weighted by molar-refractivity contribution is -0.113. The Kier molecular flexibility index (Phi) is 6.15. The van der Waals surface area contributed by atoms with Crippen LogP contribution in [0.1, 0.15) is 17.0 Å². The van der Waals surface area contributed by atoms with Crippen LogP contribution in [-0.2, 0) is 11.3 Å². The average Bonchev–Trinajstić information content (AvgIpc) is 3.47. The highest BCUT2D eigenvalue weighted by atomic mass is 32.2. The molecule has 154 valence electrons. The highest BCUT2D eigenvalue weighted by molar-refractivity contribution is 8.01. The Labute approximate surface area is 181 Å². The summed E-state index contributed by atoms with van der Waals surface area (Å²) in [6.45, 7) is 4.46. The van der Waals surface area contributed by atoms with Crippen molar-refractivity contribution in [1.82, 2.24) is 20.0 Å². The van der Waals surface area contributed by atoms with E-state index in [0.29, 0.717) is 17.5 Å². The molecule has 0 bridgehead atoms. The smallest absolute Gasteiger partial charge is 0.235 e. The molecule has 0 aliphatic rings. The molecule has 0 saturated carbocycles. The number of rotatable bonds is 8. The maximum Gasteiger partial charge on any atom is 0.235 e. The number of amides is 1. The van der Waals surface area contributed by atoms with Crippen molar-refractivity contribution in [2.45, 2.75) is 24.7 Å². The molecule has 0 fully saturated rings. The summed E-state index contributed by atoms with van der Waals surface area (Å²) < 4.78 is 7.73. The van der Waals surface area contributed by atoms with Crippen molar-refractivity contribution >= 4 is 40.0 Å². The average molecular weight is 441 g/mol. The Morgan fingerprint density at radius 3 is 2.80 bits per heavy atom. The SMILES string of the molecule is Cc1ccc(-n2nc(C)cc2NC(=O)CSc2nnc(NCc3ccco3)s2)cc1. The quantitative estimate of drug-likeness (QED) is 0.395. The number of benzene rings is 1. The highest BCUT2D eigenvalue weighted by Gasteiger charge is 2.13. The minimum atomic E-state index is -0.131. The number of thioether (sulfide) groups is 1. The standard InChI is InChI=1S/C20H20N6O2S2/c1-13-5-7-15(8-6-13)26-17(10-14(2)25-26)22-18(27)12-29-20-24-23-19(30-20)21-11-16-4-3-9-28-16/h3-10H,11-12H2,1-2H3,(H,21,23)(H,22,27). The van der Waals surface area contributed by atoms with E-state index < -0.39 is 0 Å². The maximum atomic E-state index is 12.5. The van der Waals surface area contributed by atoms with Gasteiger partial charge in [0.15, 0.2) is 4.34 Å². The topological polar surface area (TPSA) is 97.9 Å². The molecule has 1 aromatic carbocycles. The molecule has 4 rings (SSSR count). The number of nitrogens with zero attached hydrogens (tertiary/aromatic N) is 4. The molecule has 0 saturated heterocycles. The van der Waals surface area contributed by atoms with Gasteiger partial charge in [0.1, 0.15) is 11.6 Å². The molecule has 3 aromatic heterocycles. The van der Waals surface area contributed by atoms with Gasteiger partial charge in [0, 0.05) is 6.07 Å². The highest BCUT2D eigenvalue weighted by Crippen LogP contribution is 2.26. The molecule has 0 unspecified atom stereocenters. The Morgan fingerprint density at radius 2 is 2.03 bits per heavy atom. The molecule has 8 nitrogen and oxygen atoms in total. The normalized spacial score (nSPS) is 10.9. The number of carbonyl (C=O) groups excluding carboxylic acids is 1. The van der Waals surface area contributed by atoms with Crippen LogP contribution in [0.5, 0.6) is 0 Å². The first kappa shape index (κ1) is 20.2. The van der Waals surface area contributed by atoms with E-state index in [1.165, 1.54) is 28.7 Å². The van der Waals surface area contributed by atoms with E-state index in [0.717, 1.165) is 21.5 Å². The lowest BCUT2D eigenvalue weighted by Gasteiger charge is -2.08. The van der Waals surface area contributed by atoms with Crippen molar-refractivity contribution in [1.29, 1.82) is 0 Å². The van der Waals surface area contributed by atoms with Gasteiger partial charge >= 0.3 is 0 Å². The molecule has 0 radical (unpaired) electrons. The van der Waals surface area contributed by atoms with Crippen molar-refractivity contribution in [3.05, 3.63) is 65.7 Å². The summed E-state index contributed by atoms with van der Waals surface area (Å²) in [5.41, 5.74) is 2.89. The molecule has 2 N–H and O–H groups in total. The van der Waals surface area contributed by atoms with Crippen LogP contribution in [0, 0.1) is 13.8 Å². The fourth-order valence-corrected chi connectivity index (χ4v) is 4.24. The second-order valence-electron chi connectivity index (χ2n) is 6.56. The van der Waals surface area contributed by atoms with Crippen molar-refractivity contribution in [3.8, 4) is 5.69 Å². The van der Waals surface area contributed by atoms with Gasteiger partial charge in [-0.15, -0.1) is 10.2 Å². The van der Waals surface area contributed by atoms with Crippen LogP contribution in [0.25, 0.3) is 5.69 Å². The minimum Gasteiger partial charge on any atom is -0.467 e. The van der Waals surface area contributed by atoms with Gasteiger partial charge in [0.25, 0.3) is 0 Å². The third-order valence-corrected chi connectivity index (χ3v) is 6.12. The summed E-state index contributed by atoms with van der Waals surface area (Å²) in [5.74, 6) is 1.55. The van der Waals surface area contributed by atoms with E-state index in [4.69, 9.17) is 4.42 Å². The molecule has 4 aromatic rings.